The van der Waals surface area contributed by atoms with Gasteiger partial charge in [0.1, 0.15) is 12.2 Å². The number of carboxylic acids is 1. The Morgan fingerprint density at radius 2 is 1.86 bits per heavy atom. The molecule has 0 aliphatic carbocycles. The zero-order valence-corrected chi connectivity index (χ0v) is 7.27. The van der Waals surface area contributed by atoms with Gasteiger partial charge in [-0.2, -0.15) is 0 Å². The van der Waals surface area contributed by atoms with E-state index in [1.54, 1.807) is 12.1 Å². The second-order valence-corrected chi connectivity index (χ2v) is 2.61. The van der Waals surface area contributed by atoms with Crippen LogP contribution in [0.1, 0.15) is 6.42 Å². The highest BCUT2D eigenvalue weighted by Gasteiger charge is 2.09. The van der Waals surface area contributed by atoms with Gasteiger partial charge in [0.2, 0.25) is 0 Å². The van der Waals surface area contributed by atoms with Crippen molar-refractivity contribution in [1.29, 1.82) is 0 Å². The first-order valence-corrected chi connectivity index (χ1v) is 3.86. The molecule has 0 spiro atoms. The molecule has 0 saturated carbocycles. The molecule has 0 radical (unpaired) electrons. The maximum atomic E-state index is 10.9. The second kappa shape index (κ2) is 4.27. The molecule has 0 aromatic heterocycles. The summed E-state index contributed by atoms with van der Waals surface area (Å²) in [5.41, 5.74) is 5.95. The molecule has 0 unspecified atom stereocenters. The van der Waals surface area contributed by atoms with Gasteiger partial charge in [-0.25, -0.2) is 0 Å². The number of nitrogen functional groups attached to an aromatic ring is 1. The molecule has 1 aromatic carbocycles. The molecule has 0 aliphatic heterocycles. The largest absolute Gasteiger partial charge is 0.481 e. The predicted octanol–water partition coefficient (Wildman–Crippen LogP) is 0.649. The minimum Gasteiger partial charge on any atom is -0.481 e. The third-order valence-corrected chi connectivity index (χ3v) is 1.41. The Balaban J connectivity index is 2.56. The van der Waals surface area contributed by atoms with Gasteiger partial charge in [0.05, 0.1) is 0 Å². The molecule has 5 nitrogen and oxygen atoms in total. The van der Waals surface area contributed by atoms with E-state index in [4.69, 9.17) is 15.6 Å². The van der Waals surface area contributed by atoms with Crippen molar-refractivity contribution in [1.82, 2.24) is 0 Å². The molecule has 0 bridgehead atoms. The van der Waals surface area contributed by atoms with E-state index in [1.807, 2.05) is 0 Å². The summed E-state index contributed by atoms with van der Waals surface area (Å²) in [7, 11) is 0. The van der Waals surface area contributed by atoms with Gasteiger partial charge in [0.25, 0.3) is 0 Å². The van der Waals surface area contributed by atoms with Gasteiger partial charge in [-0.1, -0.05) is 0 Å². The summed E-state index contributed by atoms with van der Waals surface area (Å²) in [6.07, 6.45) is -0.648. The Morgan fingerprint density at radius 3 is 2.36 bits per heavy atom. The number of carbonyl (C=O) groups excluding carboxylic acids is 1. The number of carbonyl (C=O) groups is 2. The van der Waals surface area contributed by atoms with Crippen LogP contribution in [0, 0.1) is 0 Å². The highest BCUT2D eigenvalue weighted by atomic mass is 16.5. The Bertz CT molecular complexity index is 344. The van der Waals surface area contributed by atoms with Crippen LogP contribution in [0.4, 0.5) is 5.69 Å². The lowest BCUT2D eigenvalue weighted by atomic mass is 10.3. The number of rotatable bonds is 3. The van der Waals surface area contributed by atoms with E-state index in [1.165, 1.54) is 12.1 Å². The van der Waals surface area contributed by atoms with Crippen LogP contribution in [0.5, 0.6) is 5.75 Å². The Kier molecular flexibility index (Phi) is 3.06. The first kappa shape index (κ1) is 10.0. The van der Waals surface area contributed by atoms with Crippen LogP contribution in [0.15, 0.2) is 24.3 Å². The molecule has 0 fully saturated rings. The lowest BCUT2D eigenvalue weighted by Gasteiger charge is -2.01. The number of hydrogen-bond donors (Lipinski definition) is 2. The molecule has 1 rings (SSSR count). The van der Waals surface area contributed by atoms with Gasteiger partial charge in [-0.05, 0) is 24.3 Å². The van der Waals surface area contributed by atoms with E-state index in [0.29, 0.717) is 5.69 Å². The first-order chi connectivity index (χ1) is 6.58. The standard InChI is InChI=1S/C9H9NO4/c10-6-1-3-7(4-2-6)14-9(13)5-8(11)12/h1-4H,5,10H2,(H,11,12). The monoisotopic (exact) mass is 195 g/mol. The van der Waals surface area contributed by atoms with Crippen LogP contribution in [0.25, 0.3) is 0 Å². The highest BCUT2D eigenvalue weighted by molar-refractivity contribution is 5.91. The molecule has 0 heterocycles. The van der Waals surface area contributed by atoms with Crippen molar-refractivity contribution in [3.63, 3.8) is 0 Å². The minimum absolute atomic E-state index is 0.283. The zero-order valence-electron chi connectivity index (χ0n) is 7.27. The van der Waals surface area contributed by atoms with Crippen molar-refractivity contribution < 1.29 is 19.4 Å². The smallest absolute Gasteiger partial charge is 0.322 e. The van der Waals surface area contributed by atoms with Gasteiger partial charge in [-0.3, -0.25) is 9.59 Å². The number of anilines is 1. The summed E-state index contributed by atoms with van der Waals surface area (Å²) in [4.78, 5) is 21.0. The number of benzene rings is 1. The topological polar surface area (TPSA) is 89.6 Å². The molecule has 74 valence electrons. The average molecular weight is 195 g/mol. The maximum Gasteiger partial charge on any atom is 0.322 e. The second-order valence-electron chi connectivity index (χ2n) is 2.61. The normalized spacial score (nSPS) is 9.43. The number of aliphatic carboxylic acids is 1. The van der Waals surface area contributed by atoms with Crippen LogP contribution in [-0.2, 0) is 9.59 Å². The zero-order chi connectivity index (χ0) is 10.6. The lowest BCUT2D eigenvalue weighted by molar-refractivity contribution is -0.145. The highest BCUT2D eigenvalue weighted by Crippen LogP contribution is 2.13. The van der Waals surface area contributed by atoms with E-state index in [2.05, 4.69) is 0 Å². The third-order valence-electron chi connectivity index (χ3n) is 1.41. The van der Waals surface area contributed by atoms with Crippen molar-refractivity contribution in [3.05, 3.63) is 24.3 Å². The van der Waals surface area contributed by atoms with E-state index in [0.717, 1.165) is 0 Å². The fourth-order valence-corrected chi connectivity index (χ4v) is 0.827. The minimum atomic E-state index is -1.22. The molecule has 0 saturated heterocycles. The molecule has 3 N–H and O–H groups in total. The molecule has 0 atom stereocenters. The Labute approximate surface area is 80.1 Å². The number of ether oxygens (including phenoxy) is 1. The van der Waals surface area contributed by atoms with Gasteiger partial charge in [0, 0.05) is 5.69 Å². The van der Waals surface area contributed by atoms with Crippen LogP contribution in [-0.4, -0.2) is 17.0 Å². The summed E-state index contributed by atoms with van der Waals surface area (Å²) in [6.45, 7) is 0. The number of esters is 1. The summed E-state index contributed by atoms with van der Waals surface area (Å²) in [5.74, 6) is -1.74. The van der Waals surface area contributed by atoms with Crippen LogP contribution in [0.2, 0.25) is 0 Å². The molecule has 0 aliphatic rings. The van der Waals surface area contributed by atoms with Crippen molar-refractivity contribution >= 4 is 17.6 Å². The van der Waals surface area contributed by atoms with E-state index < -0.39 is 18.4 Å². The summed E-state index contributed by atoms with van der Waals surface area (Å²) in [5, 5.41) is 8.29. The molecule has 0 amide bonds. The SMILES string of the molecule is Nc1ccc(OC(=O)CC(=O)O)cc1. The number of carboxylic acid groups (broad SMARTS) is 1. The fraction of sp³-hybridized carbons (Fsp3) is 0.111. The number of nitrogens with two attached hydrogens (primary N) is 1. The third kappa shape index (κ3) is 3.14. The van der Waals surface area contributed by atoms with Crippen LogP contribution < -0.4 is 10.5 Å². The van der Waals surface area contributed by atoms with Crippen LogP contribution in [0.3, 0.4) is 0 Å². The molecule has 1 aromatic rings. The quantitative estimate of drug-likeness (QED) is 0.320. The Hall–Kier alpha value is -2.04. The maximum absolute atomic E-state index is 10.9. The van der Waals surface area contributed by atoms with Gasteiger partial charge in [-0.15, -0.1) is 0 Å². The fourth-order valence-electron chi connectivity index (χ4n) is 0.827. The van der Waals surface area contributed by atoms with Crippen molar-refractivity contribution in [2.24, 2.45) is 0 Å². The van der Waals surface area contributed by atoms with Crippen molar-refractivity contribution in [2.75, 3.05) is 5.73 Å². The summed E-state index contributed by atoms with van der Waals surface area (Å²) >= 11 is 0. The molecular weight excluding hydrogens is 186 g/mol. The first-order valence-electron chi connectivity index (χ1n) is 3.86. The molecule has 5 heteroatoms. The van der Waals surface area contributed by atoms with Crippen LogP contribution >= 0.6 is 0 Å². The van der Waals surface area contributed by atoms with Gasteiger partial charge in [0.15, 0.2) is 0 Å². The van der Waals surface area contributed by atoms with Crippen molar-refractivity contribution in [3.8, 4) is 5.75 Å². The van der Waals surface area contributed by atoms with Crippen molar-refractivity contribution in [2.45, 2.75) is 6.42 Å². The van der Waals surface area contributed by atoms with E-state index in [9.17, 15) is 9.59 Å². The van der Waals surface area contributed by atoms with Gasteiger partial charge >= 0.3 is 11.9 Å². The summed E-state index contributed by atoms with van der Waals surface area (Å²) < 4.78 is 4.70. The lowest BCUT2D eigenvalue weighted by Crippen LogP contribution is -2.13. The van der Waals surface area contributed by atoms with E-state index >= 15 is 0 Å². The number of hydrogen-bond acceptors (Lipinski definition) is 4. The predicted molar refractivity (Wildman–Crippen MR) is 48.7 cm³/mol. The van der Waals surface area contributed by atoms with E-state index in [-0.39, 0.29) is 5.75 Å². The van der Waals surface area contributed by atoms with Gasteiger partial charge < -0.3 is 15.6 Å². The average Bonchev–Trinajstić information content (AvgIpc) is 2.07. The molecule has 14 heavy (non-hydrogen) atoms. The molecular formula is C9H9NO4. The summed E-state index contributed by atoms with van der Waals surface area (Å²) in [6, 6.07) is 6.11. The Morgan fingerprint density at radius 1 is 1.29 bits per heavy atom.